The Kier molecular flexibility index (Phi) is 16.4. The van der Waals surface area contributed by atoms with Crippen LogP contribution >= 0.6 is 11.6 Å². The molecule has 9 rings (SSSR count). The lowest BCUT2D eigenvalue weighted by atomic mass is 9.87. The lowest BCUT2D eigenvalue weighted by Crippen LogP contribution is -2.55. The van der Waals surface area contributed by atoms with Crippen LogP contribution in [0, 0.1) is 28.8 Å². The zero-order chi connectivity index (χ0) is 52.2. The fourth-order valence-electron chi connectivity index (χ4n) is 11.3. The number of hydrogen-bond donors (Lipinski definition) is 1. The molecule has 4 aromatic rings. The molecular formula is C55H63ClF3N9O6. The van der Waals surface area contributed by atoms with Crippen LogP contribution in [0.25, 0.3) is 22.0 Å². The molecule has 0 aliphatic carbocycles. The summed E-state index contributed by atoms with van der Waals surface area (Å²) in [5, 5.41) is 12.2. The summed E-state index contributed by atoms with van der Waals surface area (Å²) >= 11 is 6.94. The van der Waals surface area contributed by atoms with Crippen LogP contribution in [-0.4, -0.2) is 137 Å². The Bertz CT molecular complexity index is 2870. The van der Waals surface area contributed by atoms with Crippen LogP contribution < -0.4 is 19.7 Å². The molecule has 4 amide bonds. The number of piperidine rings is 2. The number of hydrogen-bond acceptors (Lipinski definition) is 12. The number of likely N-dealkylation sites (N-methyl/N-ethyl adjacent to an activating group) is 1. The van der Waals surface area contributed by atoms with Crippen molar-refractivity contribution in [2.24, 2.45) is 0 Å². The maximum atomic E-state index is 17.3. The van der Waals surface area contributed by atoms with Gasteiger partial charge in [0.25, 0.3) is 5.91 Å². The molecule has 0 radical (unpaired) electrons. The van der Waals surface area contributed by atoms with Gasteiger partial charge in [0.1, 0.15) is 41.4 Å². The van der Waals surface area contributed by atoms with E-state index >= 15 is 13.2 Å². The topological polar surface area (TPSA) is 165 Å². The van der Waals surface area contributed by atoms with E-state index in [1.807, 2.05) is 11.9 Å². The van der Waals surface area contributed by atoms with Gasteiger partial charge in [-0.1, -0.05) is 49.6 Å². The number of anilines is 1. The number of unbranched alkanes of at least 4 members (excludes halogenated alkanes) is 4. The van der Waals surface area contributed by atoms with Crippen LogP contribution in [-0.2, 0) is 20.9 Å². The first-order chi connectivity index (χ1) is 35.7. The molecule has 0 bridgehead atoms. The Morgan fingerprint density at radius 3 is 2.45 bits per heavy atom. The normalized spacial score (nSPS) is 20.8. The van der Waals surface area contributed by atoms with E-state index < -0.39 is 35.4 Å². The van der Waals surface area contributed by atoms with Crippen molar-refractivity contribution >= 4 is 52.0 Å². The number of nitrogens with zero attached hydrogens (tertiary/aromatic N) is 8. The Hall–Kier alpha value is -6.29. The molecule has 5 aliphatic heterocycles. The number of likely N-dealkylation sites (tertiary alicyclic amines) is 2. The minimum Gasteiger partial charge on any atom is -0.493 e. The molecule has 1 N–H and O–H groups in total. The zero-order valence-electron chi connectivity index (χ0n) is 42.1. The van der Waals surface area contributed by atoms with Crippen LogP contribution in [0.1, 0.15) is 111 Å². The summed E-state index contributed by atoms with van der Waals surface area (Å²) in [6.45, 7) is 10.5. The van der Waals surface area contributed by atoms with Gasteiger partial charge < -0.3 is 34.0 Å². The van der Waals surface area contributed by atoms with Crippen molar-refractivity contribution in [2.75, 3.05) is 71.0 Å². The zero-order valence-corrected chi connectivity index (χ0v) is 42.8. The number of halogens is 4. The van der Waals surface area contributed by atoms with Crippen molar-refractivity contribution in [1.29, 1.82) is 5.26 Å². The predicted molar refractivity (Wildman–Crippen MR) is 273 cm³/mol. The predicted octanol–water partition coefficient (Wildman–Crippen LogP) is 8.32. The van der Waals surface area contributed by atoms with E-state index in [4.69, 9.17) is 26.1 Å². The SMILES string of the molecule is C=C(C)C(=O)N1CCN(c2nc(OCC3CCCN3C)nc3c(F)c(-c4c(F)cccc4OCCCCCCCN4CCC(c5cc6c(cc5F)C(=O)N(C5CCC(=O)NC5=O)C6)CC4)c(Cl)cc23)C[C@H]1CC#N. The van der Waals surface area contributed by atoms with E-state index in [1.165, 1.54) is 29.2 Å². The number of rotatable bonds is 18. The monoisotopic (exact) mass is 1040 g/mol. The van der Waals surface area contributed by atoms with Gasteiger partial charge in [0.15, 0.2) is 5.82 Å². The number of amides is 4. The number of carbonyl (C=O) groups excluding carboxylic acids is 4. The van der Waals surface area contributed by atoms with Crippen molar-refractivity contribution in [3.05, 3.63) is 87.7 Å². The second kappa shape index (κ2) is 23.1. The van der Waals surface area contributed by atoms with Gasteiger partial charge >= 0.3 is 6.01 Å². The smallest absolute Gasteiger partial charge is 0.319 e. The average molecular weight is 1040 g/mol. The summed E-state index contributed by atoms with van der Waals surface area (Å²) in [6, 6.07) is 9.99. The van der Waals surface area contributed by atoms with E-state index in [2.05, 4.69) is 32.7 Å². The molecule has 392 valence electrons. The summed E-state index contributed by atoms with van der Waals surface area (Å²) in [5.41, 5.74) is 1.52. The fraction of sp³-hybridized carbons (Fsp3) is 0.509. The second-order valence-corrected chi connectivity index (χ2v) is 20.8. The summed E-state index contributed by atoms with van der Waals surface area (Å²) < 4.78 is 61.1. The highest BCUT2D eigenvalue weighted by Gasteiger charge is 2.40. The Morgan fingerprint density at radius 1 is 0.919 bits per heavy atom. The van der Waals surface area contributed by atoms with Crippen LogP contribution in [0.15, 0.2) is 48.6 Å². The quantitative estimate of drug-likeness (QED) is 0.0577. The van der Waals surface area contributed by atoms with E-state index in [1.54, 1.807) is 24.0 Å². The molecule has 3 atom stereocenters. The average Bonchev–Trinajstić information content (AvgIpc) is 3.95. The molecule has 2 unspecified atom stereocenters. The van der Waals surface area contributed by atoms with E-state index in [-0.39, 0.29) is 126 Å². The lowest BCUT2D eigenvalue weighted by Gasteiger charge is -2.41. The Morgan fingerprint density at radius 2 is 1.70 bits per heavy atom. The third kappa shape index (κ3) is 11.2. The van der Waals surface area contributed by atoms with Gasteiger partial charge in [0.2, 0.25) is 17.7 Å². The number of ether oxygens (including phenoxy) is 2. The number of fused-ring (bicyclic) bond motifs is 2. The standard InChI is InChI=1S/C55H63ClF3N9O6/c1-33(2)53(71)67-25-24-66(31-36(67)16-19-60)51-40-28-41(56)47(49(59)50(40)62-55(63-51)74-32-37-11-10-20-64(37)3)48-42(57)12-9-13-45(48)73-26-8-6-4-5-7-21-65-22-17-34(18-23-65)38-27-35-30-68(54(72)39(35)29-43(38)58)44-14-15-46(69)61-52(44)70/h9,12-13,27-29,34,36-37,44H,1,4-8,10-11,14-18,20-26,30-32H2,2-3H3,(H,61,69,70)/t36-,37?,44?/m1/s1. The van der Waals surface area contributed by atoms with Crippen LogP contribution in [0.5, 0.6) is 11.8 Å². The van der Waals surface area contributed by atoms with Gasteiger partial charge in [-0.25, -0.2) is 13.2 Å². The highest BCUT2D eigenvalue weighted by atomic mass is 35.5. The first-order valence-corrected chi connectivity index (χ1v) is 26.3. The van der Waals surface area contributed by atoms with Gasteiger partial charge in [0.05, 0.1) is 35.7 Å². The molecule has 5 aliphatic rings. The molecule has 15 nitrogen and oxygen atoms in total. The number of piperazine rings is 1. The molecule has 4 fully saturated rings. The van der Waals surface area contributed by atoms with Crippen molar-refractivity contribution in [3.63, 3.8) is 0 Å². The van der Waals surface area contributed by atoms with Gasteiger partial charge in [-0.2, -0.15) is 15.2 Å². The molecule has 19 heteroatoms. The largest absolute Gasteiger partial charge is 0.493 e. The highest BCUT2D eigenvalue weighted by molar-refractivity contribution is 6.34. The molecular weight excluding hydrogens is 975 g/mol. The first kappa shape index (κ1) is 52.6. The Balaban J connectivity index is 0.798. The van der Waals surface area contributed by atoms with Crippen LogP contribution in [0.2, 0.25) is 5.02 Å². The van der Waals surface area contributed by atoms with Gasteiger partial charge in [-0.05, 0) is 126 Å². The summed E-state index contributed by atoms with van der Waals surface area (Å²) in [5.74, 6) is -2.96. The van der Waals surface area contributed by atoms with Crippen molar-refractivity contribution < 1.29 is 41.8 Å². The van der Waals surface area contributed by atoms with Crippen molar-refractivity contribution in [2.45, 2.75) is 115 Å². The lowest BCUT2D eigenvalue weighted by molar-refractivity contribution is -0.137. The maximum Gasteiger partial charge on any atom is 0.319 e. The number of aromatic nitrogens is 2. The minimum absolute atomic E-state index is 0.0233. The second-order valence-electron chi connectivity index (χ2n) is 20.4. The van der Waals surface area contributed by atoms with Gasteiger partial charge in [-0.15, -0.1) is 0 Å². The number of carbonyl (C=O) groups is 4. The van der Waals surface area contributed by atoms with Crippen molar-refractivity contribution in [3.8, 4) is 29.0 Å². The van der Waals surface area contributed by atoms with E-state index in [9.17, 15) is 24.4 Å². The molecule has 3 aromatic carbocycles. The molecule has 4 saturated heterocycles. The molecule has 0 saturated carbocycles. The van der Waals surface area contributed by atoms with Gasteiger partial charge in [0, 0.05) is 60.7 Å². The van der Waals surface area contributed by atoms with Gasteiger partial charge in [-0.3, -0.25) is 24.5 Å². The van der Waals surface area contributed by atoms with Crippen LogP contribution in [0.3, 0.4) is 0 Å². The van der Waals surface area contributed by atoms with Crippen LogP contribution in [0.4, 0.5) is 19.0 Å². The fourth-order valence-corrected chi connectivity index (χ4v) is 11.6. The molecule has 6 heterocycles. The third-order valence-electron chi connectivity index (χ3n) is 15.4. The molecule has 0 spiro atoms. The summed E-state index contributed by atoms with van der Waals surface area (Å²) in [4.78, 5) is 69.3. The third-order valence-corrected chi connectivity index (χ3v) is 15.7. The number of imide groups is 1. The summed E-state index contributed by atoms with van der Waals surface area (Å²) in [6.07, 6.45) is 8.48. The molecule has 74 heavy (non-hydrogen) atoms. The number of nitrogens with one attached hydrogen (secondary N) is 1. The highest BCUT2D eigenvalue weighted by Crippen LogP contribution is 2.44. The maximum absolute atomic E-state index is 17.3. The number of benzene rings is 3. The number of nitriles is 1. The first-order valence-electron chi connectivity index (χ1n) is 25.9. The molecule has 1 aromatic heterocycles. The van der Waals surface area contributed by atoms with E-state index in [0.717, 1.165) is 77.5 Å². The Labute approximate surface area is 434 Å². The minimum atomic E-state index is -0.865. The summed E-state index contributed by atoms with van der Waals surface area (Å²) in [7, 11) is 2.02. The van der Waals surface area contributed by atoms with Crippen molar-refractivity contribution in [1.82, 2.24) is 34.9 Å². The van der Waals surface area contributed by atoms with E-state index in [0.29, 0.717) is 35.5 Å².